The van der Waals surface area contributed by atoms with Gasteiger partial charge in [0.1, 0.15) is 11.6 Å². The molecule has 0 heterocycles. The van der Waals surface area contributed by atoms with Gasteiger partial charge in [0.15, 0.2) is 0 Å². The fourth-order valence-electron chi connectivity index (χ4n) is 1.30. The minimum absolute atomic E-state index is 0.0547. The van der Waals surface area contributed by atoms with Crippen LogP contribution in [0.5, 0.6) is 5.75 Å². The van der Waals surface area contributed by atoms with Crippen molar-refractivity contribution in [1.29, 1.82) is 0 Å². The predicted octanol–water partition coefficient (Wildman–Crippen LogP) is 2.33. The van der Waals surface area contributed by atoms with E-state index in [1.807, 2.05) is 6.92 Å². The van der Waals surface area contributed by atoms with Gasteiger partial charge in [0.2, 0.25) is 0 Å². The Morgan fingerprint density at radius 3 is 2.77 bits per heavy atom. The normalized spacial score (nSPS) is 12.8. The number of phenolic OH excluding ortho intramolecular Hbond substituents is 1. The highest BCUT2D eigenvalue weighted by Crippen LogP contribution is 2.25. The third-order valence-corrected chi connectivity index (χ3v) is 1.99. The fourth-order valence-corrected chi connectivity index (χ4v) is 1.30. The van der Waals surface area contributed by atoms with Crippen LogP contribution < -0.4 is 5.73 Å². The van der Waals surface area contributed by atoms with Crippen molar-refractivity contribution in [3.05, 3.63) is 29.6 Å². The molecule has 0 fully saturated rings. The largest absolute Gasteiger partial charge is 0.508 e. The lowest BCUT2D eigenvalue weighted by Crippen LogP contribution is -2.09. The van der Waals surface area contributed by atoms with Crippen molar-refractivity contribution in [2.45, 2.75) is 25.8 Å². The molecule has 0 aromatic heterocycles. The first-order chi connectivity index (χ1) is 6.15. The molecule has 72 valence electrons. The number of benzene rings is 1. The second-order valence-corrected chi connectivity index (χ2v) is 3.10. The molecule has 1 aromatic carbocycles. The first-order valence-corrected chi connectivity index (χ1v) is 4.39. The van der Waals surface area contributed by atoms with Crippen LogP contribution in [0.3, 0.4) is 0 Å². The van der Waals surface area contributed by atoms with E-state index in [-0.39, 0.29) is 11.8 Å². The van der Waals surface area contributed by atoms with Gasteiger partial charge in [-0.25, -0.2) is 4.39 Å². The average molecular weight is 183 g/mol. The smallest absolute Gasteiger partial charge is 0.126 e. The molecular formula is C10H14FNO. The number of halogens is 1. The molecule has 3 N–H and O–H groups in total. The van der Waals surface area contributed by atoms with Crippen LogP contribution >= 0.6 is 0 Å². The Kier molecular flexibility index (Phi) is 3.25. The molecule has 2 nitrogen and oxygen atoms in total. The summed E-state index contributed by atoms with van der Waals surface area (Å²) in [6.45, 7) is 2.01. The van der Waals surface area contributed by atoms with Crippen LogP contribution in [0, 0.1) is 5.82 Å². The van der Waals surface area contributed by atoms with Gasteiger partial charge in [-0.2, -0.15) is 0 Å². The van der Waals surface area contributed by atoms with Crippen molar-refractivity contribution in [2.24, 2.45) is 5.73 Å². The molecule has 0 amide bonds. The quantitative estimate of drug-likeness (QED) is 0.755. The van der Waals surface area contributed by atoms with Gasteiger partial charge in [-0.3, -0.25) is 0 Å². The first-order valence-electron chi connectivity index (χ1n) is 4.39. The molecule has 0 radical (unpaired) electrons. The van der Waals surface area contributed by atoms with Gasteiger partial charge in [-0.1, -0.05) is 19.4 Å². The van der Waals surface area contributed by atoms with Crippen molar-refractivity contribution in [2.75, 3.05) is 0 Å². The van der Waals surface area contributed by atoms with Crippen LogP contribution in [-0.4, -0.2) is 5.11 Å². The van der Waals surface area contributed by atoms with Gasteiger partial charge in [0.25, 0.3) is 0 Å². The lowest BCUT2D eigenvalue weighted by Gasteiger charge is -2.12. The van der Waals surface area contributed by atoms with Crippen molar-refractivity contribution in [3.63, 3.8) is 0 Å². The third-order valence-electron chi connectivity index (χ3n) is 1.99. The Bertz CT molecular complexity index is 288. The van der Waals surface area contributed by atoms with E-state index in [4.69, 9.17) is 5.73 Å². The van der Waals surface area contributed by atoms with Crippen LogP contribution in [0.2, 0.25) is 0 Å². The summed E-state index contributed by atoms with van der Waals surface area (Å²) in [7, 11) is 0. The Balaban J connectivity index is 2.88. The predicted molar refractivity (Wildman–Crippen MR) is 49.9 cm³/mol. The molecular weight excluding hydrogens is 169 g/mol. The van der Waals surface area contributed by atoms with Crippen LogP contribution in [-0.2, 0) is 0 Å². The second kappa shape index (κ2) is 4.23. The van der Waals surface area contributed by atoms with E-state index < -0.39 is 5.82 Å². The van der Waals surface area contributed by atoms with Gasteiger partial charge in [0, 0.05) is 17.7 Å². The van der Waals surface area contributed by atoms with Crippen molar-refractivity contribution >= 4 is 0 Å². The molecule has 1 rings (SSSR count). The Labute approximate surface area is 77.2 Å². The highest BCUT2D eigenvalue weighted by Gasteiger charge is 2.09. The van der Waals surface area contributed by atoms with Crippen LogP contribution in [0.15, 0.2) is 18.2 Å². The van der Waals surface area contributed by atoms with Crippen molar-refractivity contribution in [1.82, 2.24) is 0 Å². The minimum Gasteiger partial charge on any atom is -0.508 e. The summed E-state index contributed by atoms with van der Waals surface area (Å²) >= 11 is 0. The number of rotatable bonds is 3. The molecule has 3 heteroatoms. The SMILES string of the molecule is CCCC(N)c1ccc(F)cc1O. The highest BCUT2D eigenvalue weighted by molar-refractivity contribution is 5.34. The summed E-state index contributed by atoms with van der Waals surface area (Å²) in [5, 5.41) is 9.37. The number of aromatic hydroxyl groups is 1. The molecule has 0 aliphatic heterocycles. The van der Waals surface area contributed by atoms with Gasteiger partial charge in [-0.05, 0) is 12.5 Å². The number of hydrogen-bond donors (Lipinski definition) is 2. The van der Waals surface area contributed by atoms with Gasteiger partial charge < -0.3 is 10.8 Å². The molecule has 13 heavy (non-hydrogen) atoms. The van der Waals surface area contributed by atoms with E-state index in [0.717, 1.165) is 18.9 Å². The van der Waals surface area contributed by atoms with Crippen molar-refractivity contribution in [3.8, 4) is 5.75 Å². The molecule has 1 atom stereocenters. The molecule has 1 unspecified atom stereocenters. The molecule has 0 spiro atoms. The van der Waals surface area contributed by atoms with Crippen LogP contribution in [0.4, 0.5) is 4.39 Å². The molecule has 0 aliphatic rings. The summed E-state index contributed by atoms with van der Waals surface area (Å²) in [6, 6.07) is 3.73. The van der Waals surface area contributed by atoms with Gasteiger partial charge in [-0.15, -0.1) is 0 Å². The molecule has 0 saturated carbocycles. The van der Waals surface area contributed by atoms with E-state index >= 15 is 0 Å². The zero-order valence-electron chi connectivity index (χ0n) is 7.63. The minimum atomic E-state index is -0.440. The van der Waals surface area contributed by atoms with Gasteiger partial charge >= 0.3 is 0 Å². The topological polar surface area (TPSA) is 46.2 Å². The summed E-state index contributed by atoms with van der Waals surface area (Å²) in [6.07, 6.45) is 1.73. The van der Waals surface area contributed by atoms with E-state index in [0.29, 0.717) is 5.56 Å². The maximum Gasteiger partial charge on any atom is 0.126 e. The fraction of sp³-hybridized carbons (Fsp3) is 0.400. The Hall–Kier alpha value is -1.09. The highest BCUT2D eigenvalue weighted by atomic mass is 19.1. The summed E-state index contributed by atoms with van der Waals surface area (Å²) in [4.78, 5) is 0. The number of hydrogen-bond acceptors (Lipinski definition) is 2. The summed E-state index contributed by atoms with van der Waals surface area (Å²) < 4.78 is 12.6. The standard InChI is InChI=1S/C10H14FNO/c1-2-3-9(12)8-5-4-7(11)6-10(8)13/h4-6,9,13H,2-3,12H2,1H3. The first kappa shape index (κ1) is 9.99. The zero-order chi connectivity index (χ0) is 9.84. The lowest BCUT2D eigenvalue weighted by molar-refractivity contribution is 0.452. The summed E-state index contributed by atoms with van der Waals surface area (Å²) in [5.41, 5.74) is 6.39. The average Bonchev–Trinajstić information content (AvgIpc) is 2.04. The Morgan fingerprint density at radius 2 is 2.23 bits per heavy atom. The maximum atomic E-state index is 12.6. The van der Waals surface area contributed by atoms with Crippen LogP contribution in [0.1, 0.15) is 31.4 Å². The number of nitrogens with two attached hydrogens (primary N) is 1. The van der Waals surface area contributed by atoms with E-state index in [2.05, 4.69) is 0 Å². The van der Waals surface area contributed by atoms with E-state index in [1.165, 1.54) is 12.1 Å². The van der Waals surface area contributed by atoms with E-state index in [9.17, 15) is 9.50 Å². The zero-order valence-corrected chi connectivity index (χ0v) is 7.63. The maximum absolute atomic E-state index is 12.6. The van der Waals surface area contributed by atoms with Crippen LogP contribution in [0.25, 0.3) is 0 Å². The molecule has 0 bridgehead atoms. The molecule has 1 aromatic rings. The van der Waals surface area contributed by atoms with Gasteiger partial charge in [0.05, 0.1) is 0 Å². The monoisotopic (exact) mass is 183 g/mol. The van der Waals surface area contributed by atoms with E-state index in [1.54, 1.807) is 0 Å². The molecule has 0 saturated heterocycles. The third kappa shape index (κ3) is 2.42. The second-order valence-electron chi connectivity index (χ2n) is 3.10. The van der Waals surface area contributed by atoms with Crippen molar-refractivity contribution < 1.29 is 9.50 Å². The Morgan fingerprint density at radius 1 is 1.54 bits per heavy atom. The lowest BCUT2D eigenvalue weighted by atomic mass is 10.0. The molecule has 0 aliphatic carbocycles. The number of phenols is 1. The summed E-state index contributed by atoms with van der Waals surface area (Å²) in [5.74, 6) is -0.495.